The first-order chi connectivity index (χ1) is 16.4. The van der Waals surface area contributed by atoms with Crippen LogP contribution >= 0.6 is 0 Å². The second kappa shape index (κ2) is 8.83. The molecular weight excluding hydrogens is 416 g/mol. The van der Waals surface area contributed by atoms with Crippen LogP contribution in [0.5, 0.6) is 0 Å². The van der Waals surface area contributed by atoms with Crippen molar-refractivity contribution in [2.45, 2.75) is 38.9 Å². The van der Waals surface area contributed by atoms with E-state index in [1.165, 1.54) is 11.1 Å². The van der Waals surface area contributed by atoms with Gasteiger partial charge >= 0.3 is 0 Å². The highest BCUT2D eigenvalue weighted by atomic mass is 16.2. The van der Waals surface area contributed by atoms with Crippen molar-refractivity contribution < 1.29 is 4.79 Å². The molecule has 0 spiro atoms. The fraction of sp³-hybridized carbons (Fsp3) is 0.194. The summed E-state index contributed by atoms with van der Waals surface area (Å²) in [5.41, 5.74) is 6.23. The van der Waals surface area contributed by atoms with Gasteiger partial charge in [0.2, 0.25) is 0 Å². The van der Waals surface area contributed by atoms with E-state index in [0.29, 0.717) is 6.54 Å². The third-order valence-electron chi connectivity index (χ3n) is 6.51. The molecule has 0 saturated carbocycles. The van der Waals surface area contributed by atoms with Gasteiger partial charge in [0, 0.05) is 12.2 Å². The second-order valence-corrected chi connectivity index (χ2v) is 9.89. The molecule has 170 valence electrons. The largest absolute Gasteiger partial charge is 0.342 e. The molecule has 1 amide bonds. The molecule has 5 rings (SSSR count). The van der Waals surface area contributed by atoms with Gasteiger partial charge in [0.05, 0.1) is 11.3 Å². The Bertz CT molecular complexity index is 1270. The first-order valence-corrected chi connectivity index (χ1v) is 11.8. The highest BCUT2D eigenvalue weighted by molar-refractivity contribution is 6.12. The van der Waals surface area contributed by atoms with Crippen LogP contribution in [-0.4, -0.2) is 5.91 Å². The lowest BCUT2D eigenvalue weighted by Gasteiger charge is -2.46. The molecule has 0 bridgehead atoms. The summed E-state index contributed by atoms with van der Waals surface area (Å²) >= 11 is 0. The molecule has 1 aliphatic rings. The smallest absolute Gasteiger partial charge is 0.262 e. The van der Waals surface area contributed by atoms with Gasteiger partial charge in [0.25, 0.3) is 5.91 Å². The van der Waals surface area contributed by atoms with Gasteiger partial charge in [-0.2, -0.15) is 0 Å². The predicted molar refractivity (Wildman–Crippen MR) is 140 cm³/mol. The van der Waals surface area contributed by atoms with Gasteiger partial charge < -0.3 is 4.90 Å². The Labute approximate surface area is 202 Å². The van der Waals surface area contributed by atoms with Crippen molar-refractivity contribution in [3.05, 3.63) is 131 Å². The number of carbonyl (C=O) groups is 1. The molecule has 3 heteroatoms. The lowest BCUT2D eigenvalue weighted by molar-refractivity contribution is 0.0968. The van der Waals surface area contributed by atoms with Gasteiger partial charge in [-0.05, 0) is 46.4 Å². The van der Waals surface area contributed by atoms with Crippen molar-refractivity contribution >= 4 is 17.3 Å². The zero-order valence-electron chi connectivity index (χ0n) is 20.0. The summed E-state index contributed by atoms with van der Waals surface area (Å²) < 4.78 is 0. The molecule has 1 atom stereocenters. The van der Waals surface area contributed by atoms with E-state index in [0.717, 1.165) is 22.5 Å². The normalized spacial score (nSPS) is 15.9. The molecular formula is C31H30N2O. The number of para-hydroxylation sites is 2. The van der Waals surface area contributed by atoms with Crippen molar-refractivity contribution in [1.29, 1.82) is 0 Å². The van der Waals surface area contributed by atoms with Crippen LogP contribution in [0.25, 0.3) is 0 Å². The molecule has 0 unspecified atom stereocenters. The summed E-state index contributed by atoms with van der Waals surface area (Å²) in [6.45, 7) is 7.36. The van der Waals surface area contributed by atoms with E-state index in [1.54, 1.807) is 0 Å². The Hall–Kier alpha value is -3.85. The van der Waals surface area contributed by atoms with Crippen molar-refractivity contribution in [2.24, 2.45) is 0 Å². The standard InChI is InChI=1S/C31H30N2O/c1-31(2,3)25-20-18-24(19-21-25)29-32(22-23-12-6-4-7-13-23)28-17-11-10-16-27(28)30(34)33(29)26-14-8-5-9-15-26/h4-21,29H,22H2,1-3H3/t29-/m1/s1. The van der Waals surface area contributed by atoms with Crippen LogP contribution in [0.4, 0.5) is 11.4 Å². The molecule has 0 aliphatic carbocycles. The minimum Gasteiger partial charge on any atom is -0.342 e. The molecule has 1 aliphatic heterocycles. The average Bonchev–Trinajstić information content (AvgIpc) is 2.86. The van der Waals surface area contributed by atoms with Gasteiger partial charge in [-0.1, -0.05) is 106 Å². The number of hydrogen-bond acceptors (Lipinski definition) is 2. The van der Waals surface area contributed by atoms with Crippen molar-refractivity contribution in [1.82, 2.24) is 0 Å². The monoisotopic (exact) mass is 446 g/mol. The van der Waals surface area contributed by atoms with Crippen LogP contribution in [0.1, 0.15) is 54.0 Å². The first kappa shape index (κ1) is 22.0. The van der Waals surface area contributed by atoms with Crippen LogP contribution in [0.2, 0.25) is 0 Å². The third kappa shape index (κ3) is 4.10. The molecule has 3 nitrogen and oxygen atoms in total. The van der Waals surface area contributed by atoms with E-state index in [9.17, 15) is 4.79 Å². The van der Waals surface area contributed by atoms with Crippen molar-refractivity contribution in [3.8, 4) is 0 Å². The number of nitrogens with zero attached hydrogens (tertiary/aromatic N) is 2. The Kier molecular flexibility index (Phi) is 5.70. The number of benzene rings is 4. The number of hydrogen-bond donors (Lipinski definition) is 0. The Morgan fingerprint density at radius 1 is 0.706 bits per heavy atom. The number of anilines is 2. The number of rotatable bonds is 4. The summed E-state index contributed by atoms with van der Waals surface area (Å²) in [5.74, 6) is 0.0241. The molecule has 4 aromatic rings. The van der Waals surface area contributed by atoms with Crippen LogP contribution in [0.3, 0.4) is 0 Å². The molecule has 0 radical (unpaired) electrons. The quantitative estimate of drug-likeness (QED) is 0.327. The molecule has 34 heavy (non-hydrogen) atoms. The number of fused-ring (bicyclic) bond motifs is 1. The molecule has 4 aromatic carbocycles. The number of carbonyl (C=O) groups excluding carboxylic acids is 1. The van der Waals surface area contributed by atoms with E-state index in [4.69, 9.17) is 0 Å². The molecule has 0 saturated heterocycles. The van der Waals surface area contributed by atoms with Crippen LogP contribution < -0.4 is 9.80 Å². The fourth-order valence-corrected chi connectivity index (χ4v) is 4.70. The van der Waals surface area contributed by atoms with Crippen LogP contribution in [0.15, 0.2) is 109 Å². The maximum atomic E-state index is 13.9. The summed E-state index contributed by atoms with van der Waals surface area (Å²) in [6, 6.07) is 37.2. The fourth-order valence-electron chi connectivity index (χ4n) is 4.70. The summed E-state index contributed by atoms with van der Waals surface area (Å²) in [5, 5.41) is 0. The zero-order chi connectivity index (χ0) is 23.7. The summed E-state index contributed by atoms with van der Waals surface area (Å²) in [7, 11) is 0. The van der Waals surface area contributed by atoms with Gasteiger partial charge in [-0.15, -0.1) is 0 Å². The lowest BCUT2D eigenvalue weighted by atomic mass is 9.86. The van der Waals surface area contributed by atoms with E-state index >= 15 is 0 Å². The van der Waals surface area contributed by atoms with E-state index < -0.39 is 0 Å². The van der Waals surface area contributed by atoms with Crippen LogP contribution in [-0.2, 0) is 12.0 Å². The highest BCUT2D eigenvalue weighted by Crippen LogP contribution is 2.42. The molecule has 1 heterocycles. The highest BCUT2D eigenvalue weighted by Gasteiger charge is 2.39. The maximum Gasteiger partial charge on any atom is 0.262 e. The lowest BCUT2D eigenvalue weighted by Crippen LogP contribution is -2.49. The van der Waals surface area contributed by atoms with Gasteiger partial charge in [-0.3, -0.25) is 9.69 Å². The van der Waals surface area contributed by atoms with Crippen LogP contribution in [0, 0.1) is 0 Å². The summed E-state index contributed by atoms with van der Waals surface area (Å²) in [4.78, 5) is 18.2. The van der Waals surface area contributed by atoms with Crippen molar-refractivity contribution in [3.63, 3.8) is 0 Å². The van der Waals surface area contributed by atoms with E-state index in [1.807, 2.05) is 59.5 Å². The zero-order valence-corrected chi connectivity index (χ0v) is 20.0. The second-order valence-electron chi connectivity index (χ2n) is 9.89. The molecule has 0 N–H and O–H groups in total. The Morgan fingerprint density at radius 2 is 1.29 bits per heavy atom. The summed E-state index contributed by atoms with van der Waals surface area (Å²) in [6.07, 6.45) is -0.265. The molecule has 0 fully saturated rings. The maximum absolute atomic E-state index is 13.9. The number of amides is 1. The average molecular weight is 447 g/mol. The minimum absolute atomic E-state index is 0.0241. The predicted octanol–water partition coefficient (Wildman–Crippen LogP) is 7.35. The first-order valence-electron chi connectivity index (χ1n) is 11.8. The minimum atomic E-state index is -0.265. The Balaban J connectivity index is 1.70. The SMILES string of the molecule is CC(C)(C)c1ccc([C@@H]2N(Cc3ccccc3)c3ccccc3C(=O)N2c2ccccc2)cc1. The van der Waals surface area contributed by atoms with Gasteiger partial charge in [0.15, 0.2) is 0 Å². The van der Waals surface area contributed by atoms with Gasteiger partial charge in [0.1, 0.15) is 6.17 Å². The van der Waals surface area contributed by atoms with E-state index in [2.05, 4.69) is 80.3 Å². The third-order valence-corrected chi connectivity index (χ3v) is 6.51. The molecule has 0 aromatic heterocycles. The van der Waals surface area contributed by atoms with E-state index in [-0.39, 0.29) is 17.5 Å². The van der Waals surface area contributed by atoms with Gasteiger partial charge in [-0.25, -0.2) is 0 Å². The topological polar surface area (TPSA) is 23.6 Å². The van der Waals surface area contributed by atoms with Crippen molar-refractivity contribution in [2.75, 3.05) is 9.80 Å². The Morgan fingerprint density at radius 3 is 1.94 bits per heavy atom.